The lowest BCUT2D eigenvalue weighted by Gasteiger charge is -2.30. The molecule has 0 amide bonds. The van der Waals surface area contributed by atoms with Gasteiger partial charge in [0, 0.05) is 51.7 Å². The van der Waals surface area contributed by atoms with Gasteiger partial charge in [-0.1, -0.05) is 26.7 Å². The molecule has 0 spiro atoms. The Morgan fingerprint density at radius 3 is 2.52 bits per heavy atom. The van der Waals surface area contributed by atoms with Crippen LogP contribution in [0.2, 0.25) is 0 Å². The Balaban J connectivity index is 1.94. The number of rotatable bonds is 10. The molecule has 1 aromatic rings. The molecule has 0 radical (unpaired) electrons. The molecule has 1 fully saturated rings. The minimum atomic E-state index is 0.351. The fourth-order valence-electron chi connectivity index (χ4n) is 4.33. The van der Waals surface area contributed by atoms with Gasteiger partial charge in [0.1, 0.15) is 0 Å². The number of ether oxygens (including phenoxy) is 1. The summed E-state index contributed by atoms with van der Waals surface area (Å²) in [5.74, 6) is 0.880. The van der Waals surface area contributed by atoms with Crippen LogP contribution in [0.25, 0.3) is 0 Å². The molecule has 1 saturated carbocycles. The van der Waals surface area contributed by atoms with Crippen LogP contribution < -0.4 is 10.6 Å². The lowest BCUT2D eigenvalue weighted by molar-refractivity contribution is 0.105. The Bertz CT molecular complexity index is 602. The maximum atomic E-state index is 5.63. The normalized spacial score (nSPS) is 16.7. The monoisotopic (exact) mass is 377 g/mol. The van der Waals surface area contributed by atoms with Gasteiger partial charge in [0.2, 0.25) is 0 Å². The average Bonchev–Trinajstić information content (AvgIpc) is 3.26. The predicted molar refractivity (Wildman–Crippen MR) is 112 cm³/mol. The average molecular weight is 378 g/mol. The Labute approximate surface area is 165 Å². The molecule has 2 N–H and O–H groups in total. The Kier molecular flexibility index (Phi) is 8.61. The summed E-state index contributed by atoms with van der Waals surface area (Å²) in [6.07, 6.45) is 8.31. The van der Waals surface area contributed by atoms with Gasteiger partial charge < -0.3 is 15.4 Å². The van der Waals surface area contributed by atoms with E-state index in [2.05, 4.69) is 41.5 Å². The molecule has 1 heterocycles. The zero-order valence-electron chi connectivity index (χ0n) is 18.0. The summed E-state index contributed by atoms with van der Waals surface area (Å²) in [5, 5.41) is 11.8. The van der Waals surface area contributed by atoms with Crippen LogP contribution in [0.1, 0.15) is 69.8 Å². The number of hydrogen-bond donors (Lipinski definition) is 2. The molecule has 0 aromatic carbocycles. The van der Waals surface area contributed by atoms with E-state index in [1.807, 2.05) is 18.8 Å². The smallest absolute Gasteiger partial charge is 0.191 e. The van der Waals surface area contributed by atoms with Crippen LogP contribution >= 0.6 is 0 Å². The molecule has 6 heteroatoms. The van der Waals surface area contributed by atoms with E-state index in [9.17, 15) is 0 Å². The van der Waals surface area contributed by atoms with Gasteiger partial charge in [-0.05, 0) is 44.4 Å². The summed E-state index contributed by atoms with van der Waals surface area (Å²) < 4.78 is 7.65. The van der Waals surface area contributed by atoms with Gasteiger partial charge in [-0.3, -0.25) is 9.67 Å². The first-order valence-electron chi connectivity index (χ1n) is 10.6. The molecule has 2 rings (SSSR count). The Hall–Kier alpha value is -1.56. The predicted octanol–water partition coefficient (Wildman–Crippen LogP) is 3.20. The number of guanidine groups is 1. The standard InChI is InChI=1S/C21H39N5O/c1-6-18-17(19(7-2)26(5)25-18)15-23-20(22-4)24-16-21(11-9-10-12-21)13-14-27-8-3/h6-16H2,1-5H3,(H2,22,23,24). The van der Waals surface area contributed by atoms with Crippen LogP contribution in [0.15, 0.2) is 4.99 Å². The van der Waals surface area contributed by atoms with Gasteiger partial charge in [0.25, 0.3) is 0 Å². The van der Waals surface area contributed by atoms with E-state index in [4.69, 9.17) is 4.74 Å². The van der Waals surface area contributed by atoms with E-state index >= 15 is 0 Å². The highest BCUT2D eigenvalue weighted by Gasteiger charge is 2.33. The second-order valence-corrected chi connectivity index (χ2v) is 7.64. The van der Waals surface area contributed by atoms with Crippen LogP contribution in [0.3, 0.4) is 0 Å². The lowest BCUT2D eigenvalue weighted by Crippen LogP contribution is -2.43. The van der Waals surface area contributed by atoms with Crippen molar-refractivity contribution in [3.05, 3.63) is 17.0 Å². The van der Waals surface area contributed by atoms with Crippen LogP contribution in [-0.4, -0.2) is 42.5 Å². The van der Waals surface area contributed by atoms with Crippen molar-refractivity contribution in [2.45, 2.75) is 72.3 Å². The third kappa shape index (κ3) is 5.71. The topological polar surface area (TPSA) is 63.5 Å². The third-order valence-electron chi connectivity index (χ3n) is 5.96. The number of aryl methyl sites for hydroxylation is 2. The lowest BCUT2D eigenvalue weighted by atomic mass is 9.83. The van der Waals surface area contributed by atoms with Crippen molar-refractivity contribution in [2.75, 3.05) is 26.8 Å². The Morgan fingerprint density at radius 2 is 1.93 bits per heavy atom. The van der Waals surface area contributed by atoms with E-state index in [-0.39, 0.29) is 0 Å². The molecule has 0 saturated heterocycles. The van der Waals surface area contributed by atoms with Gasteiger partial charge in [-0.15, -0.1) is 0 Å². The van der Waals surface area contributed by atoms with Crippen molar-refractivity contribution < 1.29 is 4.74 Å². The van der Waals surface area contributed by atoms with E-state index < -0.39 is 0 Å². The minimum Gasteiger partial charge on any atom is -0.382 e. The molecule has 0 bridgehead atoms. The van der Waals surface area contributed by atoms with Crippen molar-refractivity contribution in [1.29, 1.82) is 0 Å². The van der Waals surface area contributed by atoms with Crippen LogP contribution in [0.5, 0.6) is 0 Å². The van der Waals surface area contributed by atoms with Gasteiger partial charge in [-0.25, -0.2) is 0 Å². The molecule has 0 aliphatic heterocycles. The molecular weight excluding hydrogens is 338 g/mol. The maximum Gasteiger partial charge on any atom is 0.191 e. The van der Waals surface area contributed by atoms with Gasteiger partial charge >= 0.3 is 0 Å². The van der Waals surface area contributed by atoms with E-state index in [0.717, 1.165) is 51.5 Å². The maximum absolute atomic E-state index is 5.63. The second-order valence-electron chi connectivity index (χ2n) is 7.64. The Morgan fingerprint density at radius 1 is 1.19 bits per heavy atom. The number of aliphatic imine (C=N–C) groups is 1. The quantitative estimate of drug-likeness (QED) is 0.373. The molecule has 0 atom stereocenters. The molecule has 6 nitrogen and oxygen atoms in total. The van der Waals surface area contributed by atoms with Crippen LogP contribution in [0, 0.1) is 5.41 Å². The largest absolute Gasteiger partial charge is 0.382 e. The van der Waals surface area contributed by atoms with Crippen molar-refractivity contribution >= 4 is 5.96 Å². The van der Waals surface area contributed by atoms with Crippen LogP contribution in [0.4, 0.5) is 0 Å². The highest BCUT2D eigenvalue weighted by molar-refractivity contribution is 5.79. The number of nitrogens with zero attached hydrogens (tertiary/aromatic N) is 3. The third-order valence-corrected chi connectivity index (χ3v) is 5.96. The highest BCUT2D eigenvalue weighted by Crippen LogP contribution is 2.40. The van der Waals surface area contributed by atoms with Gasteiger partial charge in [0.05, 0.1) is 5.69 Å². The molecule has 27 heavy (non-hydrogen) atoms. The van der Waals surface area contributed by atoms with E-state index in [1.54, 1.807) is 0 Å². The first-order chi connectivity index (χ1) is 13.1. The summed E-state index contributed by atoms with van der Waals surface area (Å²) in [4.78, 5) is 4.45. The summed E-state index contributed by atoms with van der Waals surface area (Å²) in [7, 11) is 3.89. The number of nitrogens with one attached hydrogen (secondary N) is 2. The number of aromatic nitrogens is 2. The summed E-state index contributed by atoms with van der Waals surface area (Å²) in [5.41, 5.74) is 4.15. The van der Waals surface area contributed by atoms with Crippen molar-refractivity contribution in [3.63, 3.8) is 0 Å². The van der Waals surface area contributed by atoms with Crippen molar-refractivity contribution in [3.8, 4) is 0 Å². The van der Waals surface area contributed by atoms with Crippen LogP contribution in [-0.2, 0) is 31.2 Å². The molecule has 154 valence electrons. The molecule has 1 aliphatic rings. The summed E-state index contributed by atoms with van der Waals surface area (Å²) in [6, 6.07) is 0. The fourth-order valence-corrected chi connectivity index (χ4v) is 4.33. The molecular formula is C21H39N5O. The first-order valence-corrected chi connectivity index (χ1v) is 10.6. The molecule has 1 aromatic heterocycles. The van der Waals surface area contributed by atoms with E-state index in [0.29, 0.717) is 5.41 Å². The SMILES string of the molecule is CCOCCC1(CNC(=NC)NCc2c(CC)nn(C)c2CC)CCCC1. The molecule has 1 aliphatic carbocycles. The first kappa shape index (κ1) is 21.7. The van der Waals surface area contributed by atoms with Gasteiger partial charge in [-0.2, -0.15) is 5.10 Å². The summed E-state index contributed by atoms with van der Waals surface area (Å²) in [6.45, 7) is 9.82. The highest BCUT2D eigenvalue weighted by atomic mass is 16.5. The zero-order valence-corrected chi connectivity index (χ0v) is 18.0. The minimum absolute atomic E-state index is 0.351. The molecule has 0 unspecified atom stereocenters. The fraction of sp³-hybridized carbons (Fsp3) is 0.810. The van der Waals surface area contributed by atoms with Crippen molar-refractivity contribution in [1.82, 2.24) is 20.4 Å². The summed E-state index contributed by atoms with van der Waals surface area (Å²) >= 11 is 0. The van der Waals surface area contributed by atoms with Gasteiger partial charge in [0.15, 0.2) is 5.96 Å². The van der Waals surface area contributed by atoms with Crippen molar-refractivity contribution in [2.24, 2.45) is 17.5 Å². The second kappa shape index (κ2) is 10.7. The zero-order chi connectivity index (χ0) is 19.7. The number of hydrogen-bond acceptors (Lipinski definition) is 3. The van der Waals surface area contributed by atoms with E-state index in [1.165, 1.54) is 42.6 Å².